The molecular formula is C22H28N2O2. The monoisotopic (exact) mass is 352 g/mol. The summed E-state index contributed by atoms with van der Waals surface area (Å²) in [5.74, 6) is 1.93. The molecule has 2 N–H and O–H groups in total. The van der Waals surface area contributed by atoms with Gasteiger partial charge in [-0.1, -0.05) is 24.3 Å². The summed E-state index contributed by atoms with van der Waals surface area (Å²) in [4.78, 5) is 0. The number of piperidine rings is 2. The van der Waals surface area contributed by atoms with E-state index in [0.29, 0.717) is 12.2 Å². The first kappa shape index (κ1) is 17.4. The van der Waals surface area contributed by atoms with Gasteiger partial charge < -0.3 is 20.1 Å². The van der Waals surface area contributed by atoms with Gasteiger partial charge in [-0.2, -0.15) is 0 Å². The van der Waals surface area contributed by atoms with Crippen molar-refractivity contribution in [2.45, 2.75) is 37.9 Å². The van der Waals surface area contributed by atoms with E-state index >= 15 is 0 Å². The lowest BCUT2D eigenvalue weighted by atomic mass is 10.1. The molecule has 2 fully saturated rings. The maximum Gasteiger partial charge on any atom is 0.119 e. The number of rotatable bonds is 5. The molecule has 0 atom stereocenters. The van der Waals surface area contributed by atoms with Crippen molar-refractivity contribution in [3.63, 3.8) is 0 Å². The molecule has 4 nitrogen and oxygen atoms in total. The van der Waals surface area contributed by atoms with Gasteiger partial charge in [0.15, 0.2) is 0 Å². The van der Waals surface area contributed by atoms with Crippen LogP contribution in [0.4, 0.5) is 0 Å². The molecule has 0 radical (unpaired) electrons. The molecule has 4 rings (SSSR count). The Labute approximate surface area is 155 Å². The highest BCUT2D eigenvalue weighted by atomic mass is 16.5. The highest BCUT2D eigenvalue weighted by Crippen LogP contribution is 2.26. The molecule has 2 heterocycles. The highest BCUT2D eigenvalue weighted by molar-refractivity contribution is 5.64. The lowest BCUT2D eigenvalue weighted by molar-refractivity contribution is 0.162. The average Bonchev–Trinajstić information content (AvgIpc) is 2.71. The first-order valence-electron chi connectivity index (χ1n) is 9.82. The third kappa shape index (κ3) is 4.57. The number of ether oxygens (including phenoxy) is 2. The second-order valence-electron chi connectivity index (χ2n) is 7.18. The Bertz CT molecular complexity index is 611. The van der Waals surface area contributed by atoms with Crippen LogP contribution < -0.4 is 20.1 Å². The van der Waals surface area contributed by atoms with E-state index in [1.807, 2.05) is 0 Å². The van der Waals surface area contributed by atoms with Gasteiger partial charge in [-0.05, 0) is 87.3 Å². The lowest BCUT2D eigenvalue weighted by Crippen LogP contribution is -2.34. The van der Waals surface area contributed by atoms with Crippen molar-refractivity contribution in [3.8, 4) is 22.6 Å². The Morgan fingerprint density at radius 1 is 0.538 bits per heavy atom. The Kier molecular flexibility index (Phi) is 5.72. The first-order valence-corrected chi connectivity index (χ1v) is 9.82. The number of benzene rings is 2. The molecule has 138 valence electrons. The molecule has 26 heavy (non-hydrogen) atoms. The van der Waals surface area contributed by atoms with Crippen molar-refractivity contribution in [2.75, 3.05) is 26.2 Å². The van der Waals surface area contributed by atoms with Crippen LogP contribution in [-0.2, 0) is 0 Å². The van der Waals surface area contributed by atoms with E-state index in [9.17, 15) is 0 Å². The van der Waals surface area contributed by atoms with Crippen molar-refractivity contribution in [1.29, 1.82) is 0 Å². The van der Waals surface area contributed by atoms with Gasteiger partial charge in [0, 0.05) is 0 Å². The summed E-state index contributed by atoms with van der Waals surface area (Å²) in [6, 6.07) is 16.9. The number of nitrogens with one attached hydrogen (secondary N) is 2. The van der Waals surface area contributed by atoms with Crippen LogP contribution in [0.15, 0.2) is 48.5 Å². The minimum absolute atomic E-state index is 0.341. The molecule has 0 aliphatic carbocycles. The van der Waals surface area contributed by atoms with Gasteiger partial charge >= 0.3 is 0 Å². The van der Waals surface area contributed by atoms with Gasteiger partial charge in [0.25, 0.3) is 0 Å². The summed E-state index contributed by atoms with van der Waals surface area (Å²) >= 11 is 0. The molecular weight excluding hydrogens is 324 g/mol. The minimum atomic E-state index is 0.341. The first-order chi connectivity index (χ1) is 12.9. The third-order valence-electron chi connectivity index (χ3n) is 5.22. The van der Waals surface area contributed by atoms with E-state index in [2.05, 4.69) is 59.2 Å². The standard InChI is InChI=1S/C22H28N2O2/c1-5-19(25-21-9-13-23-14-10-21)6-2-17(1)18-3-7-20(8-4-18)26-22-11-15-24-16-12-22/h1-8,21-24H,9-16H2. The van der Waals surface area contributed by atoms with Crippen LogP contribution in [0, 0.1) is 0 Å². The van der Waals surface area contributed by atoms with Gasteiger partial charge in [-0.15, -0.1) is 0 Å². The average molecular weight is 352 g/mol. The maximum absolute atomic E-state index is 6.08. The van der Waals surface area contributed by atoms with E-state index in [0.717, 1.165) is 63.4 Å². The molecule has 2 saturated heterocycles. The molecule has 0 bridgehead atoms. The summed E-state index contributed by atoms with van der Waals surface area (Å²) in [6.45, 7) is 4.20. The Morgan fingerprint density at radius 2 is 0.885 bits per heavy atom. The largest absolute Gasteiger partial charge is 0.490 e. The van der Waals surface area contributed by atoms with Crippen LogP contribution in [0.3, 0.4) is 0 Å². The van der Waals surface area contributed by atoms with Gasteiger partial charge in [0.1, 0.15) is 23.7 Å². The molecule has 4 heteroatoms. The molecule has 2 aromatic rings. The van der Waals surface area contributed by atoms with E-state index in [1.165, 1.54) is 11.1 Å². The molecule has 0 spiro atoms. The Balaban J connectivity index is 1.35. The zero-order valence-corrected chi connectivity index (χ0v) is 15.2. The number of hydrogen-bond donors (Lipinski definition) is 2. The quantitative estimate of drug-likeness (QED) is 0.863. The van der Waals surface area contributed by atoms with Crippen LogP contribution in [0.1, 0.15) is 25.7 Å². The van der Waals surface area contributed by atoms with Crippen molar-refractivity contribution in [3.05, 3.63) is 48.5 Å². The van der Waals surface area contributed by atoms with E-state index in [4.69, 9.17) is 9.47 Å². The van der Waals surface area contributed by atoms with Gasteiger partial charge in [-0.3, -0.25) is 0 Å². The van der Waals surface area contributed by atoms with Crippen molar-refractivity contribution in [1.82, 2.24) is 10.6 Å². The smallest absolute Gasteiger partial charge is 0.119 e. The molecule has 0 saturated carbocycles. The van der Waals surface area contributed by atoms with E-state index in [-0.39, 0.29) is 0 Å². The molecule has 2 aliphatic heterocycles. The zero-order valence-electron chi connectivity index (χ0n) is 15.2. The second-order valence-corrected chi connectivity index (χ2v) is 7.18. The third-order valence-corrected chi connectivity index (χ3v) is 5.22. The summed E-state index contributed by atoms with van der Waals surface area (Å²) in [5, 5.41) is 6.74. The molecule has 2 aliphatic rings. The highest BCUT2D eigenvalue weighted by Gasteiger charge is 2.15. The maximum atomic E-state index is 6.08. The van der Waals surface area contributed by atoms with Crippen LogP contribution in [0.25, 0.3) is 11.1 Å². The van der Waals surface area contributed by atoms with Gasteiger partial charge in [0.05, 0.1) is 0 Å². The summed E-state index contributed by atoms with van der Waals surface area (Å²) in [6.07, 6.45) is 5.02. The summed E-state index contributed by atoms with van der Waals surface area (Å²) in [5.41, 5.74) is 2.41. The van der Waals surface area contributed by atoms with Crippen LogP contribution in [-0.4, -0.2) is 38.4 Å². The predicted molar refractivity (Wildman–Crippen MR) is 105 cm³/mol. The summed E-state index contributed by atoms with van der Waals surface area (Å²) in [7, 11) is 0. The van der Waals surface area contributed by atoms with Crippen LogP contribution in [0.2, 0.25) is 0 Å². The van der Waals surface area contributed by atoms with E-state index < -0.39 is 0 Å². The second kappa shape index (κ2) is 8.56. The molecule has 0 aromatic heterocycles. The fourth-order valence-electron chi connectivity index (χ4n) is 3.66. The fourth-order valence-corrected chi connectivity index (χ4v) is 3.66. The zero-order chi connectivity index (χ0) is 17.6. The molecule has 2 aromatic carbocycles. The van der Waals surface area contributed by atoms with Gasteiger partial charge in [-0.25, -0.2) is 0 Å². The molecule has 0 amide bonds. The van der Waals surface area contributed by atoms with Crippen LogP contribution in [0.5, 0.6) is 11.5 Å². The van der Waals surface area contributed by atoms with E-state index in [1.54, 1.807) is 0 Å². The van der Waals surface area contributed by atoms with Crippen molar-refractivity contribution < 1.29 is 9.47 Å². The minimum Gasteiger partial charge on any atom is -0.490 e. The Hall–Kier alpha value is -2.04. The Morgan fingerprint density at radius 3 is 1.23 bits per heavy atom. The fraction of sp³-hybridized carbons (Fsp3) is 0.455. The van der Waals surface area contributed by atoms with Crippen LogP contribution >= 0.6 is 0 Å². The predicted octanol–water partition coefficient (Wildman–Crippen LogP) is 3.62. The van der Waals surface area contributed by atoms with Gasteiger partial charge in [0.2, 0.25) is 0 Å². The SMILES string of the molecule is c1cc(-c2ccc(OC3CCNCC3)cc2)ccc1OC1CCNCC1. The topological polar surface area (TPSA) is 42.5 Å². The summed E-state index contributed by atoms with van der Waals surface area (Å²) < 4.78 is 12.2. The number of hydrogen-bond acceptors (Lipinski definition) is 4. The van der Waals surface area contributed by atoms with Crippen molar-refractivity contribution in [2.24, 2.45) is 0 Å². The molecule has 0 unspecified atom stereocenters. The van der Waals surface area contributed by atoms with Crippen molar-refractivity contribution >= 4 is 0 Å². The lowest BCUT2D eigenvalue weighted by Gasteiger charge is -2.24. The normalized spacial score (nSPS) is 19.2.